The highest BCUT2D eigenvalue weighted by molar-refractivity contribution is 5.62. The molecule has 2 N–H and O–H groups in total. The van der Waals surface area contributed by atoms with Gasteiger partial charge in [-0.15, -0.1) is 0 Å². The lowest BCUT2D eigenvalue weighted by atomic mass is 9.79. The zero-order chi connectivity index (χ0) is 18.9. The van der Waals surface area contributed by atoms with Crippen LogP contribution in [0.25, 0.3) is 16.9 Å². The smallest absolute Gasteiger partial charge is 0.0973 e. The SMILES string of the molecule is CC1(C)CN(Cc2cn(-c3ccccc3)nc2-c2ccncc2)CCC1N. The molecule has 5 heteroatoms. The lowest BCUT2D eigenvalue weighted by molar-refractivity contribution is 0.0900. The molecule has 3 aromatic rings. The summed E-state index contributed by atoms with van der Waals surface area (Å²) in [5.74, 6) is 0. The van der Waals surface area contributed by atoms with E-state index in [1.165, 1.54) is 5.56 Å². The Hall–Kier alpha value is -2.50. The third-order valence-electron chi connectivity index (χ3n) is 5.55. The van der Waals surface area contributed by atoms with E-state index < -0.39 is 0 Å². The van der Waals surface area contributed by atoms with Gasteiger partial charge in [-0.3, -0.25) is 9.88 Å². The van der Waals surface area contributed by atoms with Crippen LogP contribution in [0.4, 0.5) is 0 Å². The van der Waals surface area contributed by atoms with Crippen LogP contribution in [-0.2, 0) is 6.54 Å². The maximum atomic E-state index is 6.32. The molecule has 2 aromatic heterocycles. The summed E-state index contributed by atoms with van der Waals surface area (Å²) in [4.78, 5) is 6.65. The number of benzene rings is 1. The van der Waals surface area contributed by atoms with Gasteiger partial charge in [0.2, 0.25) is 0 Å². The van der Waals surface area contributed by atoms with Gasteiger partial charge in [-0.1, -0.05) is 32.0 Å². The van der Waals surface area contributed by atoms with Crippen LogP contribution < -0.4 is 5.73 Å². The van der Waals surface area contributed by atoms with Crippen LogP contribution in [0.2, 0.25) is 0 Å². The van der Waals surface area contributed by atoms with Crippen LogP contribution in [0.5, 0.6) is 0 Å². The van der Waals surface area contributed by atoms with Crippen LogP contribution in [0, 0.1) is 5.41 Å². The van der Waals surface area contributed by atoms with Crippen LogP contribution in [0.15, 0.2) is 61.1 Å². The number of pyridine rings is 1. The molecule has 1 atom stereocenters. The number of hydrogen-bond acceptors (Lipinski definition) is 4. The Morgan fingerprint density at radius 3 is 2.56 bits per heavy atom. The molecule has 1 aliphatic heterocycles. The first-order valence-corrected chi connectivity index (χ1v) is 9.55. The Balaban J connectivity index is 1.67. The summed E-state index contributed by atoms with van der Waals surface area (Å²) < 4.78 is 1.98. The van der Waals surface area contributed by atoms with Gasteiger partial charge in [-0.05, 0) is 36.1 Å². The molecule has 0 saturated carbocycles. The first-order valence-electron chi connectivity index (χ1n) is 9.55. The van der Waals surface area contributed by atoms with Gasteiger partial charge in [-0.25, -0.2) is 4.68 Å². The van der Waals surface area contributed by atoms with E-state index >= 15 is 0 Å². The van der Waals surface area contributed by atoms with E-state index in [9.17, 15) is 0 Å². The third-order valence-corrected chi connectivity index (χ3v) is 5.55. The van der Waals surface area contributed by atoms with Gasteiger partial charge in [-0.2, -0.15) is 5.10 Å². The summed E-state index contributed by atoms with van der Waals surface area (Å²) in [5.41, 5.74) is 10.9. The van der Waals surface area contributed by atoms with Crippen molar-refractivity contribution in [3.8, 4) is 16.9 Å². The van der Waals surface area contributed by atoms with Crippen molar-refractivity contribution >= 4 is 0 Å². The molecular formula is C22H27N5. The molecule has 0 radical (unpaired) electrons. The van der Waals surface area contributed by atoms with Gasteiger partial charge in [0, 0.05) is 55.4 Å². The van der Waals surface area contributed by atoms with E-state index in [0.717, 1.165) is 43.0 Å². The van der Waals surface area contributed by atoms with Crippen LogP contribution in [-0.4, -0.2) is 38.8 Å². The largest absolute Gasteiger partial charge is 0.327 e. The molecule has 0 amide bonds. The highest BCUT2D eigenvalue weighted by Crippen LogP contribution is 2.30. The molecular weight excluding hydrogens is 334 g/mol. The fraction of sp³-hybridized carbons (Fsp3) is 0.364. The lowest BCUT2D eigenvalue weighted by Crippen LogP contribution is -2.52. The molecule has 140 valence electrons. The van der Waals surface area contributed by atoms with Gasteiger partial charge in [0.05, 0.1) is 11.4 Å². The minimum Gasteiger partial charge on any atom is -0.327 e. The van der Waals surface area contributed by atoms with E-state index in [2.05, 4.69) is 42.1 Å². The Labute approximate surface area is 160 Å². The third kappa shape index (κ3) is 3.80. The van der Waals surface area contributed by atoms with Crippen LogP contribution in [0.3, 0.4) is 0 Å². The predicted octanol–water partition coefficient (Wildman–Crippen LogP) is 3.49. The minimum absolute atomic E-state index is 0.129. The van der Waals surface area contributed by atoms with E-state index in [1.807, 2.05) is 47.4 Å². The van der Waals surface area contributed by atoms with E-state index in [4.69, 9.17) is 10.8 Å². The summed E-state index contributed by atoms with van der Waals surface area (Å²) in [6.07, 6.45) is 6.84. The molecule has 0 aliphatic carbocycles. The van der Waals surface area contributed by atoms with Crippen molar-refractivity contribution in [1.82, 2.24) is 19.7 Å². The lowest BCUT2D eigenvalue weighted by Gasteiger charge is -2.42. The van der Waals surface area contributed by atoms with E-state index in [-0.39, 0.29) is 11.5 Å². The van der Waals surface area contributed by atoms with Crippen molar-refractivity contribution in [1.29, 1.82) is 0 Å². The summed E-state index contributed by atoms with van der Waals surface area (Å²) in [7, 11) is 0. The fourth-order valence-electron chi connectivity index (χ4n) is 3.85. The number of likely N-dealkylation sites (tertiary alicyclic amines) is 1. The predicted molar refractivity (Wildman–Crippen MR) is 108 cm³/mol. The number of piperidine rings is 1. The number of hydrogen-bond donors (Lipinski definition) is 1. The maximum absolute atomic E-state index is 6.32. The summed E-state index contributed by atoms with van der Waals surface area (Å²) >= 11 is 0. The number of para-hydroxylation sites is 1. The van der Waals surface area contributed by atoms with E-state index in [0.29, 0.717) is 0 Å². The van der Waals surface area contributed by atoms with Crippen molar-refractivity contribution in [2.75, 3.05) is 13.1 Å². The average molecular weight is 361 g/mol. The normalized spacial score (nSPS) is 19.9. The van der Waals surface area contributed by atoms with Gasteiger partial charge < -0.3 is 5.73 Å². The highest BCUT2D eigenvalue weighted by atomic mass is 15.3. The average Bonchev–Trinajstić information content (AvgIpc) is 3.10. The highest BCUT2D eigenvalue weighted by Gasteiger charge is 2.33. The molecule has 0 bridgehead atoms. The van der Waals surface area contributed by atoms with Crippen LogP contribution in [0.1, 0.15) is 25.8 Å². The standard InChI is InChI=1S/C22H27N5/c1-22(2)16-26(13-10-20(22)23)14-18-15-27(19-6-4-3-5-7-19)25-21(18)17-8-11-24-12-9-17/h3-9,11-12,15,20H,10,13-14,16,23H2,1-2H3. The number of nitrogens with two attached hydrogens (primary N) is 1. The summed E-state index contributed by atoms with van der Waals surface area (Å²) in [6, 6.07) is 14.6. The van der Waals surface area contributed by atoms with Gasteiger partial charge in [0.15, 0.2) is 0 Å². The Morgan fingerprint density at radius 2 is 1.85 bits per heavy atom. The van der Waals surface area contributed by atoms with E-state index in [1.54, 1.807) is 0 Å². The quantitative estimate of drug-likeness (QED) is 0.773. The zero-order valence-electron chi connectivity index (χ0n) is 16.0. The number of rotatable bonds is 4. The molecule has 1 aromatic carbocycles. The Morgan fingerprint density at radius 1 is 1.11 bits per heavy atom. The maximum Gasteiger partial charge on any atom is 0.0973 e. The first-order chi connectivity index (χ1) is 13.0. The second-order valence-corrected chi connectivity index (χ2v) is 8.11. The zero-order valence-corrected chi connectivity index (χ0v) is 16.0. The topological polar surface area (TPSA) is 60.0 Å². The second-order valence-electron chi connectivity index (χ2n) is 8.11. The molecule has 1 aliphatic rings. The number of aromatic nitrogens is 3. The molecule has 3 heterocycles. The summed E-state index contributed by atoms with van der Waals surface area (Å²) in [5, 5.41) is 4.91. The summed E-state index contributed by atoms with van der Waals surface area (Å²) in [6.45, 7) is 7.43. The molecule has 4 rings (SSSR count). The minimum atomic E-state index is 0.129. The Bertz CT molecular complexity index is 886. The molecule has 1 unspecified atom stereocenters. The number of nitrogens with zero attached hydrogens (tertiary/aromatic N) is 4. The fourth-order valence-corrected chi connectivity index (χ4v) is 3.85. The molecule has 1 fully saturated rings. The Kier molecular flexibility index (Phi) is 4.81. The van der Waals surface area contributed by atoms with Gasteiger partial charge in [0.1, 0.15) is 0 Å². The van der Waals surface area contributed by atoms with Gasteiger partial charge >= 0.3 is 0 Å². The van der Waals surface area contributed by atoms with Crippen molar-refractivity contribution in [3.63, 3.8) is 0 Å². The second kappa shape index (κ2) is 7.25. The molecule has 0 spiro atoms. The first kappa shape index (κ1) is 17.9. The molecule has 27 heavy (non-hydrogen) atoms. The molecule has 5 nitrogen and oxygen atoms in total. The van der Waals surface area contributed by atoms with Crippen molar-refractivity contribution < 1.29 is 0 Å². The van der Waals surface area contributed by atoms with Crippen molar-refractivity contribution in [2.24, 2.45) is 11.1 Å². The monoisotopic (exact) mass is 361 g/mol. The van der Waals surface area contributed by atoms with Crippen molar-refractivity contribution in [3.05, 3.63) is 66.6 Å². The van der Waals surface area contributed by atoms with Crippen LogP contribution >= 0.6 is 0 Å². The van der Waals surface area contributed by atoms with Crippen molar-refractivity contribution in [2.45, 2.75) is 32.9 Å². The molecule has 1 saturated heterocycles. The van der Waals surface area contributed by atoms with Gasteiger partial charge in [0.25, 0.3) is 0 Å².